The zero-order chi connectivity index (χ0) is 16.8. The van der Waals surface area contributed by atoms with Crippen molar-refractivity contribution in [1.82, 2.24) is 15.1 Å². The van der Waals surface area contributed by atoms with E-state index in [1.807, 2.05) is 17.0 Å². The molecule has 1 aromatic rings. The molecule has 1 N–H and O–H groups in total. The van der Waals surface area contributed by atoms with E-state index in [1.54, 1.807) is 6.26 Å². The molecule has 0 aliphatic carbocycles. The Morgan fingerprint density at radius 3 is 2.68 bits per heavy atom. The van der Waals surface area contributed by atoms with Crippen LogP contribution >= 0.6 is 24.0 Å². The summed E-state index contributed by atoms with van der Waals surface area (Å²) in [5, 5.41) is 3.32. The molecule has 1 aromatic heterocycles. The summed E-state index contributed by atoms with van der Waals surface area (Å²) in [5.74, 6) is 1.86. The minimum Gasteiger partial charge on any atom is -0.467 e. The molecule has 2 fully saturated rings. The number of piperazine rings is 1. The normalized spacial score (nSPS) is 21.2. The number of carbonyl (C=O) groups excluding carboxylic acids is 1. The van der Waals surface area contributed by atoms with E-state index in [2.05, 4.69) is 22.1 Å². The highest BCUT2D eigenvalue weighted by atomic mass is 127. The molecule has 2 aliphatic heterocycles. The number of nitrogens with zero attached hydrogens (tertiary/aromatic N) is 3. The van der Waals surface area contributed by atoms with Crippen LogP contribution in [0.15, 0.2) is 27.8 Å². The van der Waals surface area contributed by atoms with Crippen molar-refractivity contribution in [3.8, 4) is 0 Å². The lowest BCUT2D eigenvalue weighted by Crippen LogP contribution is -2.55. The van der Waals surface area contributed by atoms with Gasteiger partial charge in [-0.2, -0.15) is 0 Å². The van der Waals surface area contributed by atoms with Crippen LogP contribution in [-0.4, -0.2) is 67.1 Å². The Balaban J connectivity index is 0.00000225. The third-order valence-corrected chi connectivity index (χ3v) is 4.40. The monoisotopic (exact) mass is 462 g/mol. The summed E-state index contributed by atoms with van der Waals surface area (Å²) in [5.41, 5.74) is 0. The van der Waals surface area contributed by atoms with Gasteiger partial charge in [0.2, 0.25) is 0 Å². The summed E-state index contributed by atoms with van der Waals surface area (Å²) in [6, 6.07) is 3.79. The van der Waals surface area contributed by atoms with Crippen LogP contribution in [-0.2, 0) is 16.1 Å². The van der Waals surface area contributed by atoms with Crippen LogP contribution in [0.5, 0.6) is 0 Å². The average Bonchev–Trinajstić information content (AvgIpc) is 3.31. The second-order valence-corrected chi connectivity index (χ2v) is 6.06. The number of furan rings is 1. The fourth-order valence-corrected chi connectivity index (χ4v) is 3.10. The van der Waals surface area contributed by atoms with E-state index in [0.717, 1.165) is 44.2 Å². The number of hydrogen-bond acceptors (Lipinski definition) is 4. The van der Waals surface area contributed by atoms with E-state index in [9.17, 15) is 4.79 Å². The summed E-state index contributed by atoms with van der Waals surface area (Å²) in [7, 11) is 0. The molecular formula is C17H27IN4O3. The van der Waals surface area contributed by atoms with Crippen LogP contribution in [0.1, 0.15) is 25.5 Å². The van der Waals surface area contributed by atoms with Gasteiger partial charge in [0.05, 0.1) is 6.26 Å². The highest BCUT2D eigenvalue weighted by Gasteiger charge is 2.30. The highest BCUT2D eigenvalue weighted by molar-refractivity contribution is 14.0. The van der Waals surface area contributed by atoms with Crippen LogP contribution in [0, 0.1) is 0 Å². The Labute approximate surface area is 165 Å². The van der Waals surface area contributed by atoms with E-state index >= 15 is 0 Å². The zero-order valence-electron chi connectivity index (χ0n) is 14.6. The maximum Gasteiger partial charge on any atom is 0.251 e. The van der Waals surface area contributed by atoms with Crippen molar-refractivity contribution >= 4 is 35.8 Å². The molecule has 0 saturated carbocycles. The summed E-state index contributed by atoms with van der Waals surface area (Å²) < 4.78 is 10.8. The molecule has 1 unspecified atom stereocenters. The largest absolute Gasteiger partial charge is 0.467 e. The minimum absolute atomic E-state index is 0. The van der Waals surface area contributed by atoms with Crippen molar-refractivity contribution in [3.63, 3.8) is 0 Å². The second-order valence-electron chi connectivity index (χ2n) is 6.06. The van der Waals surface area contributed by atoms with E-state index in [-0.39, 0.29) is 36.0 Å². The van der Waals surface area contributed by atoms with Gasteiger partial charge in [0.1, 0.15) is 18.4 Å². The smallest absolute Gasteiger partial charge is 0.251 e. The number of nitrogens with one attached hydrogen (secondary N) is 1. The van der Waals surface area contributed by atoms with Gasteiger partial charge in [0.25, 0.3) is 5.91 Å². The van der Waals surface area contributed by atoms with E-state index < -0.39 is 0 Å². The van der Waals surface area contributed by atoms with Gasteiger partial charge >= 0.3 is 0 Å². The van der Waals surface area contributed by atoms with Crippen molar-refractivity contribution in [2.45, 2.75) is 32.4 Å². The third-order valence-electron chi connectivity index (χ3n) is 4.40. The van der Waals surface area contributed by atoms with Crippen LogP contribution in [0.4, 0.5) is 0 Å². The lowest BCUT2D eigenvalue weighted by Gasteiger charge is -2.37. The number of carbonyl (C=O) groups is 1. The predicted molar refractivity (Wildman–Crippen MR) is 106 cm³/mol. The van der Waals surface area contributed by atoms with Gasteiger partial charge < -0.3 is 24.3 Å². The molecule has 140 valence electrons. The molecule has 0 bridgehead atoms. The molecule has 2 aliphatic rings. The summed E-state index contributed by atoms with van der Waals surface area (Å²) in [4.78, 5) is 21.2. The molecular weight excluding hydrogens is 435 g/mol. The molecule has 0 spiro atoms. The van der Waals surface area contributed by atoms with E-state index in [1.165, 1.54) is 0 Å². The fourth-order valence-electron chi connectivity index (χ4n) is 3.10. The first-order valence-electron chi connectivity index (χ1n) is 8.74. The van der Waals surface area contributed by atoms with Crippen molar-refractivity contribution in [1.29, 1.82) is 0 Å². The molecule has 1 amide bonds. The van der Waals surface area contributed by atoms with Gasteiger partial charge in [-0.25, -0.2) is 4.99 Å². The number of guanidine groups is 1. The van der Waals surface area contributed by atoms with Crippen molar-refractivity contribution in [3.05, 3.63) is 24.2 Å². The number of halogens is 1. The maximum atomic E-state index is 12.4. The van der Waals surface area contributed by atoms with Crippen molar-refractivity contribution in [2.75, 3.05) is 39.3 Å². The van der Waals surface area contributed by atoms with Gasteiger partial charge in [0.15, 0.2) is 5.96 Å². The minimum atomic E-state index is -0.225. The lowest BCUT2D eigenvalue weighted by molar-refractivity contribution is -0.142. The average molecular weight is 462 g/mol. The van der Waals surface area contributed by atoms with Gasteiger partial charge in [-0.1, -0.05) is 0 Å². The highest BCUT2D eigenvalue weighted by Crippen LogP contribution is 2.16. The number of hydrogen-bond donors (Lipinski definition) is 1. The zero-order valence-corrected chi connectivity index (χ0v) is 17.0. The van der Waals surface area contributed by atoms with Gasteiger partial charge in [0, 0.05) is 39.3 Å². The molecule has 25 heavy (non-hydrogen) atoms. The summed E-state index contributed by atoms with van der Waals surface area (Å²) >= 11 is 0. The topological polar surface area (TPSA) is 70.3 Å². The lowest BCUT2D eigenvalue weighted by atomic mass is 10.2. The standard InChI is InChI=1S/C17H26N4O3.HI/c1-2-18-17(19-13-14-5-3-11-23-14)21-9-7-20(8-10-21)16(22)15-6-4-12-24-15;/h3,5,11,15H,2,4,6-10,12-13H2,1H3,(H,18,19);1H. The third kappa shape index (κ3) is 5.34. The first-order chi connectivity index (χ1) is 11.8. The summed E-state index contributed by atoms with van der Waals surface area (Å²) in [6.45, 7) is 7.08. The van der Waals surface area contributed by atoms with E-state index in [4.69, 9.17) is 9.15 Å². The summed E-state index contributed by atoms with van der Waals surface area (Å²) in [6.07, 6.45) is 3.28. The Bertz CT molecular complexity index is 550. The van der Waals surface area contributed by atoms with Crippen LogP contribution < -0.4 is 5.32 Å². The van der Waals surface area contributed by atoms with Crippen LogP contribution in [0.25, 0.3) is 0 Å². The molecule has 0 radical (unpaired) electrons. The van der Waals surface area contributed by atoms with Gasteiger partial charge in [-0.3, -0.25) is 4.79 Å². The SMILES string of the molecule is CCNC(=NCc1ccco1)N1CCN(C(=O)C2CCCO2)CC1.I. The fraction of sp³-hybridized carbons (Fsp3) is 0.647. The maximum absolute atomic E-state index is 12.4. The van der Waals surface area contributed by atoms with Crippen molar-refractivity contribution < 1.29 is 13.9 Å². The molecule has 2 saturated heterocycles. The van der Waals surface area contributed by atoms with Crippen molar-refractivity contribution in [2.24, 2.45) is 4.99 Å². The second kappa shape index (κ2) is 10.0. The molecule has 3 heterocycles. The molecule has 3 rings (SSSR count). The number of ether oxygens (including phenoxy) is 1. The first-order valence-corrected chi connectivity index (χ1v) is 8.74. The van der Waals surface area contributed by atoms with E-state index in [0.29, 0.717) is 26.2 Å². The predicted octanol–water partition coefficient (Wildman–Crippen LogP) is 1.69. The molecule has 7 nitrogen and oxygen atoms in total. The molecule has 8 heteroatoms. The molecule has 1 atom stereocenters. The van der Waals surface area contributed by atoms with Crippen LogP contribution in [0.2, 0.25) is 0 Å². The molecule has 0 aromatic carbocycles. The Kier molecular flexibility index (Phi) is 8.01. The van der Waals surface area contributed by atoms with Crippen LogP contribution in [0.3, 0.4) is 0 Å². The Morgan fingerprint density at radius 2 is 2.08 bits per heavy atom. The number of aliphatic imine (C=N–C) groups is 1. The van der Waals surface area contributed by atoms with Gasteiger partial charge in [-0.15, -0.1) is 24.0 Å². The number of rotatable bonds is 4. The Hall–Kier alpha value is -1.29. The quantitative estimate of drug-likeness (QED) is 0.419. The number of amides is 1. The first kappa shape index (κ1) is 20.0. The Morgan fingerprint density at radius 1 is 1.32 bits per heavy atom. The van der Waals surface area contributed by atoms with Gasteiger partial charge in [-0.05, 0) is 31.9 Å².